The van der Waals surface area contributed by atoms with Gasteiger partial charge in [0.25, 0.3) is 0 Å². The molecule has 0 spiro atoms. The largest absolute Gasteiger partial charge is 1.00 e. The fraction of sp³-hybridized carbons (Fsp3) is 0.429. The number of hydrogen-bond acceptors (Lipinski definition) is 0. The standard InChI is InChI=1S/C9H13.C5H5.Hf.2H/c1-6-5-7(2)9(4)8(6)3;1-2-4-5-3-1;;;/h6H,1-4H3;1-3H,4H2;;;/q;;+2;2*-1. The Morgan fingerprint density at radius 3 is 2.47 bits per heavy atom. The van der Waals surface area contributed by atoms with Gasteiger partial charge in [-0.05, 0) is 0 Å². The van der Waals surface area contributed by atoms with Crippen LogP contribution in [0.25, 0.3) is 0 Å². The van der Waals surface area contributed by atoms with Crippen LogP contribution in [0.2, 0.25) is 0 Å². The summed E-state index contributed by atoms with van der Waals surface area (Å²) in [6, 6.07) is 0. The molecule has 2 rings (SSSR count). The van der Waals surface area contributed by atoms with Crippen molar-refractivity contribution >= 4 is 0 Å². The van der Waals surface area contributed by atoms with Gasteiger partial charge in [0.15, 0.2) is 0 Å². The summed E-state index contributed by atoms with van der Waals surface area (Å²) in [6.45, 7) is 9.31. The molecule has 0 nitrogen and oxygen atoms in total. The van der Waals surface area contributed by atoms with E-state index in [4.69, 9.17) is 0 Å². The Kier molecular flexibility index (Phi) is 3.30. The van der Waals surface area contributed by atoms with Crippen molar-refractivity contribution in [2.45, 2.75) is 34.1 Å². The Morgan fingerprint density at radius 1 is 1.27 bits per heavy atom. The molecular weight excluding hydrogens is 347 g/mol. The smallest absolute Gasteiger partial charge is 1.00 e. The monoisotopic (exact) mass is 368 g/mol. The maximum Gasteiger partial charge on any atom is -1.00 e. The van der Waals surface area contributed by atoms with Crippen LogP contribution in [0.4, 0.5) is 0 Å². The first-order valence-electron chi connectivity index (χ1n) is 5.62. The molecule has 0 bridgehead atoms. The molecule has 0 radical (unpaired) electrons. The quantitative estimate of drug-likeness (QED) is 0.635. The average molecular weight is 367 g/mol. The van der Waals surface area contributed by atoms with Gasteiger partial charge in [-0.2, -0.15) is 0 Å². The van der Waals surface area contributed by atoms with Crippen molar-refractivity contribution in [2.24, 2.45) is 5.92 Å². The van der Waals surface area contributed by atoms with Crippen molar-refractivity contribution in [3.8, 4) is 0 Å². The van der Waals surface area contributed by atoms with Gasteiger partial charge in [-0.25, -0.2) is 0 Å². The van der Waals surface area contributed by atoms with E-state index in [0.717, 1.165) is 5.92 Å². The molecule has 0 saturated carbocycles. The second kappa shape index (κ2) is 4.37. The SMILES string of the molecule is CC1=C(C)C(C)[C]([Hf+2][C]2=CC=CC2)=C1C.[H-].[H-]. The summed E-state index contributed by atoms with van der Waals surface area (Å²) in [4.78, 5) is 0. The van der Waals surface area contributed by atoms with E-state index in [-0.39, 0.29) is 2.85 Å². The van der Waals surface area contributed by atoms with Gasteiger partial charge >= 0.3 is 105 Å². The first-order chi connectivity index (χ1) is 7.11. The van der Waals surface area contributed by atoms with Crippen LogP contribution in [0.5, 0.6) is 0 Å². The average Bonchev–Trinajstić information content (AvgIpc) is 2.79. The zero-order valence-corrected chi connectivity index (χ0v) is 13.6. The molecule has 0 heterocycles. The van der Waals surface area contributed by atoms with Crippen molar-refractivity contribution < 1.29 is 25.8 Å². The van der Waals surface area contributed by atoms with Crippen LogP contribution in [-0.4, -0.2) is 0 Å². The van der Waals surface area contributed by atoms with Gasteiger partial charge < -0.3 is 2.85 Å². The van der Waals surface area contributed by atoms with Crippen LogP contribution in [0.1, 0.15) is 37.0 Å². The zero-order chi connectivity index (χ0) is 11.0. The van der Waals surface area contributed by atoms with Gasteiger partial charge in [-0.15, -0.1) is 0 Å². The summed E-state index contributed by atoms with van der Waals surface area (Å²) in [6.07, 6.45) is 8.12. The molecule has 2 aliphatic carbocycles. The molecule has 80 valence electrons. The predicted octanol–water partition coefficient (Wildman–Crippen LogP) is 4.40. The Bertz CT molecular complexity index is 414. The second-order valence-electron chi connectivity index (χ2n) is 4.52. The van der Waals surface area contributed by atoms with Crippen molar-refractivity contribution in [1.29, 1.82) is 0 Å². The third-order valence-corrected chi connectivity index (χ3v) is 10.1. The normalized spacial score (nSPS) is 25.1. The Balaban J connectivity index is 0.00000128. The van der Waals surface area contributed by atoms with Crippen LogP contribution >= 0.6 is 0 Å². The van der Waals surface area contributed by atoms with Gasteiger partial charge in [0.05, 0.1) is 0 Å². The molecule has 1 atom stereocenters. The van der Waals surface area contributed by atoms with Gasteiger partial charge in [0.1, 0.15) is 0 Å². The molecule has 2 aliphatic rings. The van der Waals surface area contributed by atoms with E-state index >= 15 is 0 Å². The summed E-state index contributed by atoms with van der Waals surface area (Å²) >= 11 is -0.691. The Hall–Kier alpha value is -0.170. The van der Waals surface area contributed by atoms with Crippen LogP contribution in [0.3, 0.4) is 0 Å². The second-order valence-corrected chi connectivity index (χ2v) is 9.66. The fourth-order valence-electron chi connectivity index (χ4n) is 2.28. The Morgan fingerprint density at radius 2 is 2.00 bits per heavy atom. The summed E-state index contributed by atoms with van der Waals surface area (Å²) in [5, 5.41) is 0. The minimum Gasteiger partial charge on any atom is -1.00 e. The van der Waals surface area contributed by atoms with Crippen LogP contribution in [0, 0.1) is 5.92 Å². The Labute approximate surface area is 107 Å². The third kappa shape index (κ3) is 2.04. The van der Waals surface area contributed by atoms with E-state index in [1.54, 1.807) is 20.0 Å². The van der Waals surface area contributed by atoms with Crippen LogP contribution in [-0.2, 0) is 22.9 Å². The molecule has 0 fully saturated rings. The van der Waals surface area contributed by atoms with Crippen molar-refractivity contribution in [2.75, 3.05) is 0 Å². The first-order valence-corrected chi connectivity index (χ1v) is 9.21. The molecule has 0 saturated heterocycles. The van der Waals surface area contributed by atoms with E-state index in [1.807, 2.05) is 3.33 Å². The summed E-state index contributed by atoms with van der Waals surface area (Å²) in [7, 11) is 0. The molecule has 0 N–H and O–H groups in total. The van der Waals surface area contributed by atoms with E-state index in [9.17, 15) is 0 Å². The predicted molar refractivity (Wildman–Crippen MR) is 64.3 cm³/mol. The van der Waals surface area contributed by atoms with Gasteiger partial charge in [-0.1, -0.05) is 0 Å². The van der Waals surface area contributed by atoms with E-state index < -0.39 is 22.9 Å². The topological polar surface area (TPSA) is 0 Å². The number of allylic oxidation sites excluding steroid dienone is 8. The minimum absolute atomic E-state index is 0. The van der Waals surface area contributed by atoms with E-state index in [0.29, 0.717) is 0 Å². The van der Waals surface area contributed by atoms with Gasteiger partial charge in [0, 0.05) is 0 Å². The van der Waals surface area contributed by atoms with Gasteiger partial charge in [0.2, 0.25) is 0 Å². The van der Waals surface area contributed by atoms with Crippen LogP contribution in [0.15, 0.2) is 41.6 Å². The number of hydrogen-bond donors (Lipinski definition) is 0. The van der Waals surface area contributed by atoms with Crippen molar-refractivity contribution in [1.82, 2.24) is 0 Å². The van der Waals surface area contributed by atoms with Crippen LogP contribution < -0.4 is 0 Å². The molecule has 1 heteroatoms. The minimum atomic E-state index is -0.691. The van der Waals surface area contributed by atoms with E-state index in [1.165, 1.54) is 6.42 Å². The summed E-state index contributed by atoms with van der Waals surface area (Å²) < 4.78 is 3.60. The molecule has 1 unspecified atom stereocenters. The third-order valence-electron chi connectivity index (χ3n) is 3.71. The molecule has 15 heavy (non-hydrogen) atoms. The van der Waals surface area contributed by atoms with Crippen molar-refractivity contribution in [3.63, 3.8) is 0 Å². The maximum atomic E-state index is 2.39. The molecule has 0 aromatic carbocycles. The fourth-order valence-corrected chi connectivity index (χ4v) is 7.86. The zero-order valence-electron chi connectivity index (χ0n) is 12.0. The summed E-state index contributed by atoms with van der Waals surface area (Å²) in [5.41, 5.74) is 4.80. The molecular formula is C14H20Hf. The first kappa shape index (κ1) is 11.3. The summed E-state index contributed by atoms with van der Waals surface area (Å²) in [5.74, 6) is 0.745. The van der Waals surface area contributed by atoms with Crippen molar-refractivity contribution in [3.05, 3.63) is 41.6 Å². The van der Waals surface area contributed by atoms with Gasteiger partial charge in [-0.3, -0.25) is 0 Å². The molecule has 0 amide bonds. The maximum absolute atomic E-state index is 2.39. The number of rotatable bonds is 2. The molecule has 0 aromatic rings. The molecule has 0 aliphatic heterocycles. The van der Waals surface area contributed by atoms with E-state index in [2.05, 4.69) is 45.9 Å². The molecule has 0 aromatic heterocycles.